The Morgan fingerprint density at radius 2 is 1.74 bits per heavy atom. The van der Waals surface area contributed by atoms with E-state index in [9.17, 15) is 0 Å². The lowest BCUT2D eigenvalue weighted by Crippen LogP contribution is -2.41. The molecule has 0 aromatic heterocycles. The smallest absolute Gasteiger partial charge is 0.231 e. The molecule has 1 saturated heterocycles. The maximum Gasteiger partial charge on any atom is 0.231 e. The molecule has 1 fully saturated rings. The third-order valence-electron chi connectivity index (χ3n) is 5.51. The average molecular weight is 423 g/mol. The van der Waals surface area contributed by atoms with Crippen LogP contribution in [0.1, 0.15) is 45.2 Å². The number of fused-ring (bicyclic) bond motifs is 1. The van der Waals surface area contributed by atoms with E-state index in [1.165, 1.54) is 0 Å². The molecule has 3 aromatic rings. The average Bonchev–Trinajstić information content (AvgIpc) is 3.23. The number of piperidine rings is 1. The molecule has 0 amide bonds. The lowest BCUT2D eigenvalue weighted by atomic mass is 10.00. The van der Waals surface area contributed by atoms with E-state index in [2.05, 4.69) is 0 Å². The van der Waals surface area contributed by atoms with E-state index in [0.29, 0.717) is 13.1 Å². The third kappa shape index (κ3) is 4.92. The van der Waals surface area contributed by atoms with Gasteiger partial charge in [-0.2, -0.15) is 0 Å². The van der Waals surface area contributed by atoms with Gasteiger partial charge in [-0.15, -0.1) is 0 Å². The van der Waals surface area contributed by atoms with E-state index in [1.54, 1.807) is 0 Å². The molecule has 0 aliphatic carbocycles. The van der Waals surface area contributed by atoms with E-state index in [4.69, 9.17) is 23.8 Å². The van der Waals surface area contributed by atoms with Gasteiger partial charge in [0.25, 0.3) is 0 Å². The Morgan fingerprint density at radius 1 is 1.03 bits per heavy atom. The number of hydrogen-bond acceptors (Lipinski definition) is 4. The lowest BCUT2D eigenvalue weighted by molar-refractivity contribution is -0.0330. The molecule has 31 heavy (non-hydrogen) atoms. The van der Waals surface area contributed by atoms with Gasteiger partial charge >= 0.3 is 0 Å². The van der Waals surface area contributed by atoms with Gasteiger partial charge in [-0.05, 0) is 54.5 Å². The van der Waals surface area contributed by atoms with Crippen molar-refractivity contribution in [2.24, 2.45) is 0 Å². The molecular formula is C27H29NO3. The number of rotatable bonds is 7. The van der Waals surface area contributed by atoms with Crippen LogP contribution in [0.4, 0.5) is 0 Å². The van der Waals surface area contributed by atoms with Crippen LogP contribution < -0.4 is 9.47 Å². The molecule has 2 aliphatic heterocycles. The zero-order valence-electron chi connectivity index (χ0n) is 24.1. The fraction of sp³-hybridized carbons (Fsp3) is 0.333. The summed E-state index contributed by atoms with van der Waals surface area (Å²) in [6, 6.07) is 18.5. The summed E-state index contributed by atoms with van der Waals surface area (Å²) in [6.45, 7) is -1.59. The molecule has 4 heteroatoms. The normalized spacial score (nSPS) is 23.8. The molecule has 0 bridgehead atoms. The van der Waals surface area contributed by atoms with E-state index >= 15 is 0 Å². The molecule has 3 aromatic carbocycles. The summed E-state index contributed by atoms with van der Waals surface area (Å²) in [5, 5.41) is 0. The highest BCUT2D eigenvalue weighted by atomic mass is 16.7. The maximum atomic E-state index is 8.79. The van der Waals surface area contributed by atoms with Crippen LogP contribution in [-0.4, -0.2) is 37.4 Å². The summed E-state index contributed by atoms with van der Waals surface area (Å²) in [5.74, 6) is -0.688. The van der Waals surface area contributed by atoms with Crippen LogP contribution in [-0.2, 0) is 11.1 Å². The highest BCUT2D eigenvalue weighted by Gasteiger charge is 2.25. The molecule has 2 heterocycles. The van der Waals surface area contributed by atoms with Crippen LogP contribution in [0.2, 0.25) is 0 Å². The van der Waals surface area contributed by atoms with Gasteiger partial charge in [0, 0.05) is 15.8 Å². The Hall–Kier alpha value is -2.82. The Kier molecular flexibility index (Phi) is 4.18. The maximum absolute atomic E-state index is 8.79. The van der Waals surface area contributed by atoms with Gasteiger partial charge in [-0.1, -0.05) is 66.7 Å². The molecule has 0 unspecified atom stereocenters. The predicted octanol–water partition coefficient (Wildman–Crippen LogP) is 5.23. The summed E-state index contributed by atoms with van der Waals surface area (Å²) < 4.78 is 74.6. The Morgan fingerprint density at radius 3 is 2.48 bits per heavy atom. The second-order valence-electron chi connectivity index (χ2n) is 7.71. The first-order valence-electron chi connectivity index (χ1n) is 14.1. The second kappa shape index (κ2) is 9.54. The van der Waals surface area contributed by atoms with Crippen molar-refractivity contribution in [1.82, 2.24) is 4.90 Å². The molecule has 0 N–H and O–H groups in total. The highest BCUT2D eigenvalue weighted by Crippen LogP contribution is 2.33. The minimum absolute atomic E-state index is 0.113. The second-order valence-corrected chi connectivity index (χ2v) is 7.71. The van der Waals surface area contributed by atoms with Gasteiger partial charge in [0.1, 0.15) is 8.85 Å². The monoisotopic (exact) mass is 422 g/mol. The number of hydrogen-bond donors (Lipinski definition) is 0. The molecule has 1 atom stereocenters. The van der Waals surface area contributed by atoms with Crippen molar-refractivity contribution in [2.45, 2.75) is 31.4 Å². The minimum Gasteiger partial charge on any atom is -0.454 e. The van der Waals surface area contributed by atoms with Gasteiger partial charge in [-0.3, -0.25) is 0 Å². The zero-order valence-corrected chi connectivity index (χ0v) is 17.1. The SMILES string of the molecule is [2H]c1c([2H])c(C([2H])([2H])CN2CCC[C@@H](OC(c3ccccc3)c3ccccc3)C2)c([2H])c2c1OC([2H])([2H])O2. The van der Waals surface area contributed by atoms with Gasteiger partial charge in [0.05, 0.1) is 10.2 Å². The molecule has 4 nitrogen and oxygen atoms in total. The van der Waals surface area contributed by atoms with Crippen molar-refractivity contribution >= 4 is 0 Å². The fourth-order valence-corrected chi connectivity index (χ4v) is 3.97. The standard InChI is InChI=1S/C27H29NO3/c1-3-8-22(9-4-1)27(23-10-5-2-6-11-23)31-24-12-7-16-28(19-24)17-15-21-13-14-25-26(18-21)30-20-29-25/h1-6,8-11,13-14,18,24,27H,7,12,15-17,19-20H2/t24-/m1/s1/i13D,14D,15D2,18D,20D2. The Balaban J connectivity index is 1.36. The summed E-state index contributed by atoms with van der Waals surface area (Å²) in [6.07, 6.45) is -0.986. The van der Waals surface area contributed by atoms with Crippen molar-refractivity contribution in [3.05, 3.63) is 95.5 Å². The van der Waals surface area contributed by atoms with Gasteiger partial charge < -0.3 is 19.1 Å². The third-order valence-corrected chi connectivity index (χ3v) is 5.51. The minimum atomic E-state index is -2.57. The molecular weight excluding hydrogens is 386 g/mol. The summed E-state index contributed by atoms with van der Waals surface area (Å²) in [5.41, 5.74) is 1.76. The number of ether oxygens (including phenoxy) is 3. The van der Waals surface area contributed by atoms with Gasteiger partial charge in [0.15, 0.2) is 11.5 Å². The fourth-order valence-electron chi connectivity index (χ4n) is 3.97. The summed E-state index contributed by atoms with van der Waals surface area (Å²) in [7, 11) is 0. The Labute approximate surface area is 194 Å². The molecule has 5 rings (SSSR count). The Bertz CT molecular complexity index is 1250. The van der Waals surface area contributed by atoms with Crippen molar-refractivity contribution in [1.29, 1.82) is 0 Å². The van der Waals surface area contributed by atoms with Crippen LogP contribution in [0.25, 0.3) is 0 Å². The van der Waals surface area contributed by atoms with E-state index < -0.39 is 31.2 Å². The van der Waals surface area contributed by atoms with Crippen molar-refractivity contribution in [3.63, 3.8) is 0 Å². The molecule has 160 valence electrons. The zero-order chi connectivity index (χ0) is 27.1. The van der Waals surface area contributed by atoms with Crippen molar-refractivity contribution in [2.75, 3.05) is 26.4 Å². The first kappa shape index (κ1) is 13.6. The van der Waals surface area contributed by atoms with E-state index in [-0.39, 0.29) is 35.8 Å². The summed E-state index contributed by atoms with van der Waals surface area (Å²) >= 11 is 0. The van der Waals surface area contributed by atoms with Crippen LogP contribution in [0, 0.1) is 0 Å². The van der Waals surface area contributed by atoms with Crippen molar-refractivity contribution < 1.29 is 23.8 Å². The first-order chi connectivity index (χ1) is 18.1. The molecule has 0 radical (unpaired) electrons. The van der Waals surface area contributed by atoms with Crippen LogP contribution >= 0.6 is 0 Å². The van der Waals surface area contributed by atoms with Crippen molar-refractivity contribution in [3.8, 4) is 11.5 Å². The predicted molar refractivity (Wildman–Crippen MR) is 122 cm³/mol. The lowest BCUT2D eigenvalue weighted by Gasteiger charge is -2.35. The van der Waals surface area contributed by atoms with E-state index in [1.807, 2.05) is 65.6 Å². The quantitative estimate of drug-likeness (QED) is 0.522. The summed E-state index contributed by atoms with van der Waals surface area (Å²) in [4.78, 5) is 1.92. The van der Waals surface area contributed by atoms with Gasteiger partial charge in [0.2, 0.25) is 6.75 Å². The van der Waals surface area contributed by atoms with Crippen LogP contribution in [0.3, 0.4) is 0 Å². The highest BCUT2D eigenvalue weighted by molar-refractivity contribution is 5.44. The van der Waals surface area contributed by atoms with Crippen LogP contribution in [0.5, 0.6) is 11.5 Å². The molecule has 2 aliphatic rings. The van der Waals surface area contributed by atoms with Gasteiger partial charge in [-0.25, -0.2) is 0 Å². The number of benzene rings is 3. The number of likely N-dealkylation sites (tertiary alicyclic amines) is 1. The number of nitrogens with zero attached hydrogens (tertiary/aromatic N) is 1. The van der Waals surface area contributed by atoms with E-state index in [0.717, 1.165) is 24.0 Å². The van der Waals surface area contributed by atoms with Crippen LogP contribution in [0.15, 0.2) is 78.8 Å². The molecule has 0 saturated carbocycles. The topological polar surface area (TPSA) is 30.9 Å². The molecule has 0 spiro atoms. The first-order valence-corrected chi connectivity index (χ1v) is 10.6. The largest absolute Gasteiger partial charge is 0.454 e.